The van der Waals surface area contributed by atoms with Crippen LogP contribution in [0.2, 0.25) is 0 Å². The summed E-state index contributed by atoms with van der Waals surface area (Å²) in [5.74, 6) is -2.29. The molecular formula is C18H16N8O5S4. The summed E-state index contributed by atoms with van der Waals surface area (Å²) in [5, 5.41) is 25.0. The van der Waals surface area contributed by atoms with Gasteiger partial charge in [-0.05, 0) is 17.1 Å². The Hall–Kier alpha value is -3.28. The number of carbonyl (C=O) groups is 3. The number of carbonyl (C=O) groups excluding carboxylic acids is 2. The molecule has 0 radical (unpaired) electrons. The number of hydrogen-bond acceptors (Lipinski definition) is 14. The number of allylic oxidation sites excluding steroid dienone is 1. The number of β-lactam (4-membered cyclic amide) rings is 1. The zero-order valence-corrected chi connectivity index (χ0v) is 20.8. The van der Waals surface area contributed by atoms with Crippen LogP contribution in [0.4, 0.5) is 5.13 Å². The van der Waals surface area contributed by atoms with Crippen molar-refractivity contribution in [1.82, 2.24) is 29.8 Å². The van der Waals surface area contributed by atoms with E-state index in [1.807, 2.05) is 0 Å². The summed E-state index contributed by atoms with van der Waals surface area (Å²) >= 11 is 4.84. The van der Waals surface area contributed by atoms with Crippen LogP contribution < -0.4 is 11.1 Å². The lowest BCUT2D eigenvalue weighted by Crippen LogP contribution is -2.71. The zero-order chi connectivity index (χ0) is 24.9. The molecule has 4 rings (SSSR count). The molecule has 17 heteroatoms. The van der Waals surface area contributed by atoms with Crippen molar-refractivity contribution in [3.05, 3.63) is 46.7 Å². The highest BCUT2D eigenvalue weighted by molar-refractivity contribution is 8.03. The summed E-state index contributed by atoms with van der Waals surface area (Å²) in [4.78, 5) is 47.9. The van der Waals surface area contributed by atoms with Crippen molar-refractivity contribution < 1.29 is 24.3 Å². The monoisotopic (exact) mass is 552 g/mol. The van der Waals surface area contributed by atoms with Gasteiger partial charge in [-0.2, -0.15) is 9.36 Å². The van der Waals surface area contributed by atoms with Crippen molar-refractivity contribution in [3.63, 3.8) is 0 Å². The molecule has 1 fully saturated rings. The Labute approximate surface area is 214 Å². The maximum Gasteiger partial charge on any atom is 0.352 e. The number of anilines is 1. The summed E-state index contributed by atoms with van der Waals surface area (Å²) in [5.41, 5.74) is 7.27. The second-order valence-electron chi connectivity index (χ2n) is 6.65. The summed E-state index contributed by atoms with van der Waals surface area (Å²) < 4.78 is 4.67. The number of carboxylic acid groups (broad SMARTS) is 1. The third-order valence-corrected chi connectivity index (χ3v) is 7.94. The molecule has 0 spiro atoms. The quantitative estimate of drug-likeness (QED) is 0.0946. The van der Waals surface area contributed by atoms with E-state index in [-0.39, 0.29) is 29.0 Å². The predicted octanol–water partition coefficient (Wildman–Crippen LogP) is 0.923. The first-order chi connectivity index (χ1) is 16.9. The van der Waals surface area contributed by atoms with Gasteiger partial charge in [0.25, 0.3) is 11.8 Å². The Morgan fingerprint density at radius 1 is 1.49 bits per heavy atom. The smallest absolute Gasteiger partial charge is 0.352 e. The fraction of sp³-hybridized carbons (Fsp3) is 0.222. The minimum atomic E-state index is -1.24. The summed E-state index contributed by atoms with van der Waals surface area (Å²) in [7, 11) is 0. The van der Waals surface area contributed by atoms with Crippen molar-refractivity contribution >= 4 is 75.0 Å². The van der Waals surface area contributed by atoms with Crippen molar-refractivity contribution in [2.75, 3.05) is 18.1 Å². The highest BCUT2D eigenvalue weighted by Crippen LogP contribution is 2.41. The van der Waals surface area contributed by atoms with E-state index in [0.717, 1.165) is 11.5 Å². The maximum absolute atomic E-state index is 12.9. The molecule has 2 atom stereocenters. The van der Waals surface area contributed by atoms with Gasteiger partial charge in [0.15, 0.2) is 9.47 Å². The number of carboxylic acids is 1. The number of aliphatic carboxylic acids is 1. The molecule has 2 aromatic heterocycles. The third kappa shape index (κ3) is 5.37. The fourth-order valence-corrected chi connectivity index (χ4v) is 6.03. The standard InChI is InChI=1S/C18H16N8O5S4/c1-2-4-31-24-9(12-22-17(19)35-25-12)13(27)21-10-14(28)26-11(16(29)30)8(6-33-15(10)26)3-5-32-18-23-20-7-34-18/h2-3,5,7,10,15H,1,4,6H2,(H,21,27)(H,29,30)(H2,19,22,25)/b5-3+,24-9-/t10?,15-/m1/s1. The van der Waals surface area contributed by atoms with Crippen LogP contribution in [0.5, 0.6) is 0 Å². The number of oxime groups is 1. The van der Waals surface area contributed by atoms with Crippen LogP contribution in [0.15, 0.2) is 50.4 Å². The SMILES string of the molecule is C=CCO/N=C(\C(=O)NC1C(=O)N2C(C(=O)O)=C(/C=C/Sc3nncs3)CS[C@H]12)c1nsc(N)n1. The van der Waals surface area contributed by atoms with E-state index in [1.165, 1.54) is 45.8 Å². The number of nitrogens with one attached hydrogen (secondary N) is 1. The number of nitrogens with zero attached hydrogens (tertiary/aromatic N) is 6. The molecule has 4 N–H and O–H groups in total. The van der Waals surface area contributed by atoms with E-state index < -0.39 is 29.2 Å². The molecule has 2 aliphatic heterocycles. The molecule has 35 heavy (non-hydrogen) atoms. The lowest BCUT2D eigenvalue weighted by molar-refractivity contribution is -0.150. The molecular weight excluding hydrogens is 537 g/mol. The van der Waals surface area contributed by atoms with Crippen LogP contribution in [0.3, 0.4) is 0 Å². The first kappa shape index (κ1) is 24.8. The van der Waals surface area contributed by atoms with E-state index >= 15 is 0 Å². The summed E-state index contributed by atoms with van der Waals surface area (Å²) in [6, 6.07) is -0.969. The van der Waals surface area contributed by atoms with Crippen LogP contribution in [0.1, 0.15) is 5.82 Å². The lowest BCUT2D eigenvalue weighted by atomic mass is 10.0. The molecule has 2 amide bonds. The molecule has 182 valence electrons. The Morgan fingerprint density at radius 2 is 2.31 bits per heavy atom. The molecule has 13 nitrogen and oxygen atoms in total. The van der Waals surface area contributed by atoms with Gasteiger partial charge in [-0.3, -0.25) is 14.5 Å². The van der Waals surface area contributed by atoms with E-state index in [1.54, 1.807) is 17.0 Å². The second kappa shape index (κ2) is 11.0. The Balaban J connectivity index is 1.49. The number of hydrogen-bond donors (Lipinski definition) is 3. The Bertz CT molecular complexity index is 1240. The van der Waals surface area contributed by atoms with Crippen molar-refractivity contribution in [1.29, 1.82) is 0 Å². The molecule has 1 unspecified atom stereocenters. The van der Waals surface area contributed by atoms with Gasteiger partial charge in [0.05, 0.1) is 0 Å². The van der Waals surface area contributed by atoms with Gasteiger partial charge >= 0.3 is 5.97 Å². The van der Waals surface area contributed by atoms with Gasteiger partial charge in [0.1, 0.15) is 29.2 Å². The number of nitrogens with two attached hydrogens (primary N) is 1. The van der Waals surface area contributed by atoms with Crippen LogP contribution in [0, 0.1) is 0 Å². The second-order valence-corrected chi connectivity index (χ2v) is 10.5. The minimum Gasteiger partial charge on any atom is -0.477 e. The molecule has 0 bridgehead atoms. The van der Waals surface area contributed by atoms with Crippen LogP contribution in [0.25, 0.3) is 0 Å². The molecule has 4 heterocycles. The molecule has 0 aliphatic carbocycles. The highest BCUT2D eigenvalue weighted by Gasteiger charge is 2.54. The predicted molar refractivity (Wildman–Crippen MR) is 132 cm³/mol. The largest absolute Gasteiger partial charge is 0.477 e. The number of nitrogen functional groups attached to an aromatic ring is 1. The molecule has 2 aliphatic rings. The fourth-order valence-electron chi connectivity index (χ4n) is 3.04. The van der Waals surface area contributed by atoms with E-state index in [2.05, 4.69) is 36.6 Å². The van der Waals surface area contributed by atoms with Gasteiger partial charge in [-0.1, -0.05) is 40.9 Å². The lowest BCUT2D eigenvalue weighted by Gasteiger charge is -2.49. The number of aromatic nitrogens is 4. The van der Waals surface area contributed by atoms with Crippen molar-refractivity contribution in [2.24, 2.45) is 5.16 Å². The minimum absolute atomic E-state index is 0.0332. The van der Waals surface area contributed by atoms with Crippen molar-refractivity contribution in [2.45, 2.75) is 15.8 Å². The van der Waals surface area contributed by atoms with Crippen LogP contribution >= 0.6 is 46.4 Å². The van der Waals surface area contributed by atoms with Gasteiger partial charge in [-0.15, -0.1) is 22.0 Å². The Morgan fingerprint density at radius 3 is 2.97 bits per heavy atom. The van der Waals surface area contributed by atoms with Gasteiger partial charge in [-0.25, -0.2) is 4.79 Å². The van der Waals surface area contributed by atoms with Gasteiger partial charge in [0.2, 0.25) is 11.5 Å². The first-order valence-corrected chi connectivity index (χ1v) is 13.2. The topological polar surface area (TPSA) is 186 Å². The first-order valence-electron chi connectivity index (χ1n) is 9.62. The van der Waals surface area contributed by atoms with Crippen LogP contribution in [-0.2, 0) is 19.2 Å². The number of amides is 2. The normalized spacial score (nSPS) is 19.9. The van der Waals surface area contributed by atoms with E-state index in [9.17, 15) is 19.5 Å². The number of rotatable bonds is 10. The average Bonchev–Trinajstić information content (AvgIpc) is 3.51. The number of fused-ring (bicyclic) bond motifs is 1. The molecule has 1 saturated heterocycles. The highest BCUT2D eigenvalue weighted by atomic mass is 32.2. The van der Waals surface area contributed by atoms with Gasteiger partial charge < -0.3 is 21.0 Å². The van der Waals surface area contributed by atoms with Crippen molar-refractivity contribution in [3.8, 4) is 0 Å². The maximum atomic E-state index is 12.9. The molecule has 0 aromatic carbocycles. The zero-order valence-electron chi connectivity index (χ0n) is 17.6. The molecule has 2 aromatic rings. The Kier molecular flexibility index (Phi) is 7.79. The van der Waals surface area contributed by atoms with Gasteiger partial charge in [0, 0.05) is 17.3 Å². The number of thioether (sulfide) groups is 2. The van der Waals surface area contributed by atoms with E-state index in [4.69, 9.17) is 10.6 Å². The molecule has 0 saturated carbocycles. The van der Waals surface area contributed by atoms with E-state index in [0.29, 0.717) is 15.7 Å². The summed E-state index contributed by atoms with van der Waals surface area (Å²) in [6.07, 6.45) is 3.07. The van der Waals surface area contributed by atoms with Crippen LogP contribution in [-0.4, -0.2) is 76.8 Å². The average molecular weight is 553 g/mol. The third-order valence-electron chi connectivity index (χ3n) is 4.48. The summed E-state index contributed by atoms with van der Waals surface area (Å²) in [6.45, 7) is 3.54.